The molecule has 12 heteroatoms. The van der Waals surface area contributed by atoms with E-state index in [1.165, 1.54) is 10.9 Å². The van der Waals surface area contributed by atoms with Crippen molar-refractivity contribution < 1.29 is 23.5 Å². The van der Waals surface area contributed by atoms with Crippen molar-refractivity contribution in [1.82, 2.24) is 19.5 Å². The molecule has 0 saturated heterocycles. The summed E-state index contributed by atoms with van der Waals surface area (Å²) < 4.78 is 30.2. The summed E-state index contributed by atoms with van der Waals surface area (Å²) in [6.45, 7) is -1.19. The molecule has 0 unspecified atom stereocenters. The number of nitrogen functional groups attached to an aromatic ring is 1. The van der Waals surface area contributed by atoms with E-state index in [2.05, 4.69) is 15.0 Å². The Bertz CT molecular complexity index is 756. The highest BCUT2D eigenvalue weighted by Crippen LogP contribution is 2.33. The number of nitrogens with zero attached hydrogens (tertiary/aromatic N) is 3. The Morgan fingerprint density at radius 1 is 1.55 bits per heavy atom. The molecule has 0 aliphatic carbocycles. The highest BCUT2D eigenvalue weighted by atomic mass is 31.2. The van der Waals surface area contributed by atoms with Crippen molar-refractivity contribution in [3.8, 4) is 0 Å². The Labute approximate surface area is 123 Å². The van der Waals surface area contributed by atoms with Crippen LogP contribution in [0.5, 0.6) is 0 Å². The van der Waals surface area contributed by atoms with Crippen LogP contribution in [0.25, 0.3) is 11.2 Å². The molecule has 0 spiro atoms. The van der Waals surface area contributed by atoms with Gasteiger partial charge in [0.05, 0.1) is 25.6 Å². The summed E-state index contributed by atoms with van der Waals surface area (Å²) in [5, 5.41) is 0. The zero-order valence-corrected chi connectivity index (χ0v) is 12.2. The van der Waals surface area contributed by atoms with E-state index < -0.39 is 32.1 Å². The third-order valence-corrected chi connectivity index (χ3v) is 3.57. The smallest absolute Gasteiger partial charge is 0.327 e. The fourth-order valence-corrected chi connectivity index (χ4v) is 2.15. The first kappa shape index (κ1) is 16.6. The summed E-state index contributed by atoms with van der Waals surface area (Å²) in [7, 11) is -4.20. The van der Waals surface area contributed by atoms with Crippen LogP contribution in [0.1, 0.15) is 0 Å². The monoisotopic (exact) mass is 335 g/mol. The SMILES string of the molecule is Nc1nc2c(ncn2C[C@@H](CF)OCCP(=O)(O)O)c(=O)[nH]1. The number of alkyl halides is 1. The highest BCUT2D eigenvalue weighted by Gasteiger charge is 2.17. The summed E-state index contributed by atoms with van der Waals surface area (Å²) in [6, 6.07) is 0. The second-order valence-corrected chi connectivity index (χ2v) is 6.33. The first-order valence-corrected chi connectivity index (χ1v) is 8.02. The van der Waals surface area contributed by atoms with Crippen LogP contribution in [0.15, 0.2) is 11.1 Å². The molecule has 5 N–H and O–H groups in total. The van der Waals surface area contributed by atoms with E-state index in [1.807, 2.05) is 0 Å². The molecule has 0 radical (unpaired) electrons. The first-order valence-electron chi connectivity index (χ1n) is 6.23. The van der Waals surface area contributed by atoms with E-state index in [-0.39, 0.29) is 30.3 Å². The lowest BCUT2D eigenvalue weighted by Crippen LogP contribution is -2.24. The number of H-pyrrole nitrogens is 1. The number of ether oxygens (including phenoxy) is 1. The predicted molar refractivity (Wildman–Crippen MR) is 75.2 cm³/mol. The molecule has 0 aliphatic heterocycles. The summed E-state index contributed by atoms with van der Waals surface area (Å²) in [5.74, 6) is -0.0986. The van der Waals surface area contributed by atoms with Gasteiger partial charge in [-0.05, 0) is 0 Å². The van der Waals surface area contributed by atoms with Gasteiger partial charge in [0.25, 0.3) is 5.56 Å². The molecular formula is C10H15FN5O5P. The number of fused-ring (bicyclic) bond motifs is 1. The van der Waals surface area contributed by atoms with Crippen LogP contribution in [0.3, 0.4) is 0 Å². The molecule has 2 rings (SSSR count). The number of imidazole rings is 1. The molecule has 22 heavy (non-hydrogen) atoms. The minimum atomic E-state index is -4.20. The molecule has 0 aromatic carbocycles. The number of rotatable bonds is 7. The number of halogens is 1. The Hall–Kier alpha value is -1.81. The van der Waals surface area contributed by atoms with Gasteiger partial charge in [-0.1, -0.05) is 0 Å². The van der Waals surface area contributed by atoms with Crippen LogP contribution in [0, 0.1) is 0 Å². The summed E-state index contributed by atoms with van der Waals surface area (Å²) in [6.07, 6.45) is -0.160. The summed E-state index contributed by atoms with van der Waals surface area (Å²) in [4.78, 5) is 39.1. The van der Waals surface area contributed by atoms with E-state index in [9.17, 15) is 13.8 Å². The zero-order chi connectivity index (χ0) is 16.3. The van der Waals surface area contributed by atoms with Crippen molar-refractivity contribution in [1.29, 1.82) is 0 Å². The number of nitrogens with two attached hydrogens (primary N) is 1. The van der Waals surface area contributed by atoms with Crippen LogP contribution < -0.4 is 11.3 Å². The molecule has 0 bridgehead atoms. The molecule has 10 nitrogen and oxygen atoms in total. The van der Waals surface area contributed by atoms with Crippen LogP contribution in [-0.2, 0) is 15.8 Å². The molecule has 0 saturated carbocycles. The lowest BCUT2D eigenvalue weighted by atomic mass is 10.4. The van der Waals surface area contributed by atoms with Gasteiger partial charge in [0.15, 0.2) is 11.2 Å². The van der Waals surface area contributed by atoms with Crippen LogP contribution >= 0.6 is 7.60 Å². The van der Waals surface area contributed by atoms with Gasteiger partial charge < -0.3 is 24.8 Å². The summed E-state index contributed by atoms with van der Waals surface area (Å²) in [5.41, 5.74) is 5.17. The number of anilines is 1. The highest BCUT2D eigenvalue weighted by molar-refractivity contribution is 7.51. The van der Waals surface area contributed by atoms with Crippen molar-refractivity contribution >= 4 is 24.7 Å². The van der Waals surface area contributed by atoms with Crippen molar-refractivity contribution in [2.24, 2.45) is 0 Å². The lowest BCUT2D eigenvalue weighted by Gasteiger charge is -2.15. The topological polar surface area (TPSA) is 156 Å². The van der Waals surface area contributed by atoms with Crippen LogP contribution in [0.4, 0.5) is 10.3 Å². The van der Waals surface area contributed by atoms with E-state index in [0.29, 0.717) is 0 Å². The molecular weight excluding hydrogens is 320 g/mol. The van der Waals surface area contributed by atoms with Gasteiger partial charge in [0, 0.05) is 0 Å². The van der Waals surface area contributed by atoms with Gasteiger partial charge in [-0.3, -0.25) is 14.3 Å². The molecule has 0 fully saturated rings. The second-order valence-electron chi connectivity index (χ2n) is 4.56. The van der Waals surface area contributed by atoms with Gasteiger partial charge in [-0.2, -0.15) is 4.98 Å². The number of aromatic nitrogens is 4. The average Bonchev–Trinajstić information content (AvgIpc) is 2.79. The number of hydrogen-bond acceptors (Lipinski definition) is 6. The third kappa shape index (κ3) is 4.10. The minimum Gasteiger partial charge on any atom is -0.373 e. The van der Waals surface area contributed by atoms with E-state index in [4.69, 9.17) is 20.3 Å². The zero-order valence-electron chi connectivity index (χ0n) is 11.3. The second kappa shape index (κ2) is 6.53. The van der Waals surface area contributed by atoms with Gasteiger partial charge >= 0.3 is 7.60 Å². The quantitative estimate of drug-likeness (QED) is 0.481. The third-order valence-electron chi connectivity index (χ3n) is 2.80. The number of hydrogen-bond donors (Lipinski definition) is 4. The number of nitrogens with one attached hydrogen (secondary N) is 1. The van der Waals surface area contributed by atoms with Crippen LogP contribution in [-0.4, -0.2) is 54.9 Å². The van der Waals surface area contributed by atoms with Gasteiger partial charge in [-0.15, -0.1) is 0 Å². The molecule has 122 valence electrons. The molecule has 0 amide bonds. The Balaban J connectivity index is 2.11. The van der Waals surface area contributed by atoms with Gasteiger partial charge in [0.2, 0.25) is 5.95 Å². The molecule has 2 heterocycles. The van der Waals surface area contributed by atoms with Crippen molar-refractivity contribution in [2.45, 2.75) is 12.6 Å². The molecule has 1 atom stereocenters. The van der Waals surface area contributed by atoms with E-state index >= 15 is 0 Å². The Morgan fingerprint density at radius 2 is 2.27 bits per heavy atom. The standard InChI is InChI=1S/C10H15FN5O5P/c11-3-6(21-1-2-22(18,19)20)4-16-5-13-7-8(16)14-10(12)15-9(7)17/h5-6H,1-4H2,(H2,18,19,20)(H3,12,14,15,17)/t6-/m1/s1. The normalized spacial score (nSPS) is 13.6. The lowest BCUT2D eigenvalue weighted by molar-refractivity contribution is 0.0331. The maximum Gasteiger partial charge on any atom is 0.327 e. The van der Waals surface area contributed by atoms with E-state index in [0.717, 1.165) is 0 Å². The van der Waals surface area contributed by atoms with Gasteiger partial charge in [-0.25, -0.2) is 9.37 Å². The average molecular weight is 335 g/mol. The molecule has 0 aliphatic rings. The maximum atomic E-state index is 13.0. The van der Waals surface area contributed by atoms with Crippen molar-refractivity contribution in [3.05, 3.63) is 16.7 Å². The van der Waals surface area contributed by atoms with Gasteiger partial charge in [0.1, 0.15) is 12.8 Å². The fourth-order valence-electron chi connectivity index (χ4n) is 1.81. The summed E-state index contributed by atoms with van der Waals surface area (Å²) >= 11 is 0. The Morgan fingerprint density at radius 3 is 2.91 bits per heavy atom. The van der Waals surface area contributed by atoms with Crippen molar-refractivity contribution in [3.63, 3.8) is 0 Å². The Kier molecular flexibility index (Phi) is 4.91. The first-order chi connectivity index (χ1) is 10.3. The number of aromatic amines is 1. The van der Waals surface area contributed by atoms with Crippen molar-refractivity contribution in [2.75, 3.05) is 25.2 Å². The largest absolute Gasteiger partial charge is 0.373 e. The molecule has 2 aromatic rings. The minimum absolute atomic E-state index is 0.0238. The van der Waals surface area contributed by atoms with Crippen LogP contribution in [0.2, 0.25) is 0 Å². The predicted octanol–water partition coefficient (Wildman–Crippen LogP) is -0.766. The maximum absolute atomic E-state index is 13.0. The fraction of sp³-hybridized carbons (Fsp3) is 0.500. The molecule has 2 aromatic heterocycles. The van der Waals surface area contributed by atoms with E-state index in [1.54, 1.807) is 0 Å².